The third kappa shape index (κ3) is 4.71. The first kappa shape index (κ1) is 17.8. The second-order valence-electron chi connectivity index (χ2n) is 5.48. The summed E-state index contributed by atoms with van der Waals surface area (Å²) in [4.78, 5) is 4.33. The smallest absolute Gasteiger partial charge is 0.156 e. The predicted molar refractivity (Wildman–Crippen MR) is 97.1 cm³/mol. The lowest BCUT2D eigenvalue weighted by atomic mass is 10.1. The van der Waals surface area contributed by atoms with Crippen molar-refractivity contribution in [2.75, 3.05) is 6.61 Å². The number of nitrogens with zero attached hydrogens (tertiary/aromatic N) is 2. The van der Waals surface area contributed by atoms with Gasteiger partial charge >= 0.3 is 0 Å². The molecule has 0 atom stereocenters. The van der Waals surface area contributed by atoms with Crippen molar-refractivity contribution in [1.29, 1.82) is 5.26 Å². The summed E-state index contributed by atoms with van der Waals surface area (Å²) < 4.78 is 5.64. The fourth-order valence-electron chi connectivity index (χ4n) is 1.84. The van der Waals surface area contributed by atoms with Crippen molar-refractivity contribution in [3.8, 4) is 11.8 Å². The van der Waals surface area contributed by atoms with Gasteiger partial charge in [-0.2, -0.15) is 5.26 Å². The van der Waals surface area contributed by atoms with E-state index < -0.39 is 0 Å². The zero-order chi connectivity index (χ0) is 17.0. The van der Waals surface area contributed by atoms with Gasteiger partial charge in [0.25, 0.3) is 0 Å². The molecular formula is C17H16Cl2N2OS. The van der Waals surface area contributed by atoms with Crippen molar-refractivity contribution in [1.82, 2.24) is 4.98 Å². The Morgan fingerprint density at radius 1 is 1.39 bits per heavy atom. The van der Waals surface area contributed by atoms with Crippen LogP contribution in [0.15, 0.2) is 17.5 Å². The molecule has 0 bridgehead atoms. The van der Waals surface area contributed by atoms with E-state index in [1.807, 2.05) is 26.2 Å². The number of halogens is 2. The minimum absolute atomic E-state index is 0.375. The van der Waals surface area contributed by atoms with Crippen LogP contribution in [0.4, 0.5) is 0 Å². The molecule has 0 saturated heterocycles. The summed E-state index contributed by atoms with van der Waals surface area (Å²) >= 11 is 14.0. The van der Waals surface area contributed by atoms with E-state index in [0.717, 1.165) is 11.3 Å². The normalized spacial score (nSPS) is 11.6. The van der Waals surface area contributed by atoms with E-state index >= 15 is 0 Å². The summed E-state index contributed by atoms with van der Waals surface area (Å²) in [6.45, 7) is 6.53. The standard InChI is InChI=1S/C17H16Cl2N2OS/c1-10(2)8-22-16-14(18)5-12(6-15(16)19)4-13(7-20)17-21-11(3)9-23-17/h4-6,9-10H,8H2,1-3H3/b13-4-. The first-order valence-corrected chi connectivity index (χ1v) is 8.70. The van der Waals surface area contributed by atoms with Gasteiger partial charge in [0.15, 0.2) is 5.75 Å². The Bertz CT molecular complexity index is 752. The van der Waals surface area contributed by atoms with Crippen LogP contribution in [0.1, 0.15) is 30.1 Å². The number of ether oxygens (including phenoxy) is 1. The van der Waals surface area contributed by atoms with Crippen LogP contribution >= 0.6 is 34.5 Å². The number of allylic oxidation sites excluding steroid dienone is 1. The van der Waals surface area contributed by atoms with Gasteiger partial charge in [-0.3, -0.25) is 0 Å². The minimum Gasteiger partial charge on any atom is -0.490 e. The SMILES string of the molecule is Cc1csc(/C(C#N)=C\c2cc(Cl)c(OCC(C)C)c(Cl)c2)n1. The first-order chi connectivity index (χ1) is 10.9. The topological polar surface area (TPSA) is 45.9 Å². The van der Waals surface area contributed by atoms with E-state index in [1.165, 1.54) is 11.3 Å². The number of benzene rings is 1. The molecule has 2 aromatic rings. The molecule has 1 aromatic heterocycles. The Balaban J connectivity index is 2.33. The van der Waals surface area contributed by atoms with Gasteiger partial charge < -0.3 is 4.74 Å². The monoisotopic (exact) mass is 366 g/mol. The van der Waals surface area contributed by atoms with Gasteiger partial charge in [0.2, 0.25) is 0 Å². The van der Waals surface area contributed by atoms with Crippen LogP contribution in [-0.4, -0.2) is 11.6 Å². The average molecular weight is 367 g/mol. The number of thiazole rings is 1. The molecule has 120 valence electrons. The predicted octanol–water partition coefficient (Wildman–Crippen LogP) is 5.86. The fraction of sp³-hybridized carbons (Fsp3) is 0.294. The molecule has 0 aliphatic rings. The van der Waals surface area contributed by atoms with Gasteiger partial charge in [-0.15, -0.1) is 11.3 Å². The van der Waals surface area contributed by atoms with Crippen LogP contribution in [0.3, 0.4) is 0 Å². The molecule has 0 spiro atoms. The lowest BCUT2D eigenvalue weighted by Crippen LogP contribution is -2.05. The molecule has 23 heavy (non-hydrogen) atoms. The van der Waals surface area contributed by atoms with Crippen molar-refractivity contribution in [3.63, 3.8) is 0 Å². The highest BCUT2D eigenvalue weighted by Crippen LogP contribution is 2.35. The molecule has 1 heterocycles. The van der Waals surface area contributed by atoms with Crippen molar-refractivity contribution in [2.45, 2.75) is 20.8 Å². The Morgan fingerprint density at radius 2 is 2.04 bits per heavy atom. The maximum Gasteiger partial charge on any atom is 0.156 e. The summed E-state index contributed by atoms with van der Waals surface area (Å²) in [5, 5.41) is 12.8. The van der Waals surface area contributed by atoms with Crippen LogP contribution in [0, 0.1) is 24.2 Å². The maximum absolute atomic E-state index is 9.35. The molecule has 0 amide bonds. The van der Waals surface area contributed by atoms with Crippen molar-refractivity contribution < 1.29 is 4.74 Å². The van der Waals surface area contributed by atoms with Gasteiger partial charge in [0.1, 0.15) is 11.1 Å². The quantitative estimate of drug-likeness (QED) is 0.622. The number of aryl methyl sites for hydroxylation is 1. The summed E-state index contributed by atoms with van der Waals surface area (Å²) in [6.07, 6.45) is 1.72. The third-order valence-electron chi connectivity index (χ3n) is 2.86. The summed E-state index contributed by atoms with van der Waals surface area (Å²) in [5.74, 6) is 0.850. The number of nitriles is 1. The lowest BCUT2D eigenvalue weighted by molar-refractivity contribution is 0.271. The molecule has 0 aliphatic carbocycles. The maximum atomic E-state index is 9.35. The molecule has 0 unspecified atom stereocenters. The molecule has 0 aliphatic heterocycles. The van der Waals surface area contributed by atoms with Gasteiger partial charge in [-0.1, -0.05) is 37.0 Å². The van der Waals surface area contributed by atoms with Crippen LogP contribution < -0.4 is 4.74 Å². The highest BCUT2D eigenvalue weighted by Gasteiger charge is 2.12. The van der Waals surface area contributed by atoms with Crippen molar-refractivity contribution in [2.24, 2.45) is 5.92 Å². The number of hydrogen-bond acceptors (Lipinski definition) is 4. The van der Waals surface area contributed by atoms with Crippen molar-refractivity contribution >= 4 is 46.2 Å². The van der Waals surface area contributed by atoms with Crippen molar-refractivity contribution in [3.05, 3.63) is 43.8 Å². The van der Waals surface area contributed by atoms with Gasteiger partial charge in [0, 0.05) is 11.1 Å². The van der Waals surface area contributed by atoms with Crippen LogP contribution in [0.25, 0.3) is 11.6 Å². The Hall–Kier alpha value is -1.54. The molecule has 0 N–H and O–H groups in total. The highest BCUT2D eigenvalue weighted by molar-refractivity contribution is 7.11. The van der Waals surface area contributed by atoms with E-state index in [0.29, 0.717) is 38.9 Å². The largest absolute Gasteiger partial charge is 0.490 e. The third-order valence-corrected chi connectivity index (χ3v) is 4.42. The van der Waals surface area contributed by atoms with E-state index in [2.05, 4.69) is 11.1 Å². The molecule has 3 nitrogen and oxygen atoms in total. The second-order valence-corrected chi connectivity index (χ2v) is 7.15. The van der Waals surface area contributed by atoms with E-state index in [9.17, 15) is 5.26 Å². The van der Waals surface area contributed by atoms with E-state index in [1.54, 1.807) is 18.2 Å². The number of rotatable bonds is 5. The molecule has 0 fully saturated rings. The molecule has 1 aromatic carbocycles. The molecule has 2 rings (SSSR count). The summed E-state index contributed by atoms with van der Waals surface area (Å²) in [6, 6.07) is 5.64. The molecule has 0 radical (unpaired) electrons. The zero-order valence-corrected chi connectivity index (χ0v) is 15.4. The van der Waals surface area contributed by atoms with Crippen LogP contribution in [0.2, 0.25) is 10.0 Å². The number of aromatic nitrogens is 1. The van der Waals surface area contributed by atoms with Crippen LogP contribution in [-0.2, 0) is 0 Å². The minimum atomic E-state index is 0.375. The van der Waals surface area contributed by atoms with E-state index in [-0.39, 0.29) is 0 Å². The highest BCUT2D eigenvalue weighted by atomic mass is 35.5. The summed E-state index contributed by atoms with van der Waals surface area (Å²) in [5.41, 5.74) is 2.10. The molecular weight excluding hydrogens is 351 g/mol. The van der Waals surface area contributed by atoms with Gasteiger partial charge in [-0.05, 0) is 36.6 Å². The van der Waals surface area contributed by atoms with E-state index in [4.69, 9.17) is 27.9 Å². The van der Waals surface area contributed by atoms with Gasteiger partial charge in [0.05, 0.1) is 22.2 Å². The Kier molecular flexibility index (Phi) is 6.06. The average Bonchev–Trinajstić information content (AvgIpc) is 2.90. The Morgan fingerprint density at radius 3 is 2.52 bits per heavy atom. The molecule has 0 saturated carbocycles. The second kappa shape index (κ2) is 7.83. The first-order valence-electron chi connectivity index (χ1n) is 7.07. The fourth-order valence-corrected chi connectivity index (χ4v) is 3.21. The zero-order valence-electron chi connectivity index (χ0n) is 13.1. The number of hydrogen-bond donors (Lipinski definition) is 0. The van der Waals surface area contributed by atoms with Gasteiger partial charge in [-0.25, -0.2) is 4.98 Å². The van der Waals surface area contributed by atoms with Crippen LogP contribution in [0.5, 0.6) is 5.75 Å². The lowest BCUT2D eigenvalue weighted by Gasteiger charge is -2.12. The summed E-state index contributed by atoms with van der Waals surface area (Å²) in [7, 11) is 0. The molecule has 6 heteroatoms. The Labute approximate surface area is 150 Å².